The SMILES string of the molecule is O=C(O)c1cc(F)c(Br)cc1N1C2CCC1COC2. The van der Waals surface area contributed by atoms with Gasteiger partial charge >= 0.3 is 5.97 Å². The lowest BCUT2D eigenvalue weighted by Crippen LogP contribution is -2.46. The Hall–Kier alpha value is -1.14. The zero-order chi connectivity index (χ0) is 13.6. The van der Waals surface area contributed by atoms with Gasteiger partial charge in [-0.15, -0.1) is 0 Å². The molecule has 1 aromatic rings. The second-order valence-electron chi connectivity index (χ2n) is 4.92. The minimum Gasteiger partial charge on any atom is -0.478 e. The maximum atomic E-state index is 13.5. The highest BCUT2D eigenvalue weighted by atomic mass is 79.9. The lowest BCUT2D eigenvalue weighted by Gasteiger charge is -2.37. The Kier molecular flexibility index (Phi) is 3.22. The third-order valence-electron chi connectivity index (χ3n) is 3.79. The Labute approximate surface area is 118 Å². The third-order valence-corrected chi connectivity index (χ3v) is 4.40. The van der Waals surface area contributed by atoms with E-state index in [1.165, 1.54) is 0 Å². The van der Waals surface area contributed by atoms with Crippen molar-refractivity contribution in [2.45, 2.75) is 24.9 Å². The number of morpholine rings is 1. The molecule has 1 N–H and O–H groups in total. The summed E-state index contributed by atoms with van der Waals surface area (Å²) in [4.78, 5) is 13.4. The number of hydrogen-bond acceptors (Lipinski definition) is 3. The molecule has 0 saturated carbocycles. The molecule has 2 fully saturated rings. The highest BCUT2D eigenvalue weighted by molar-refractivity contribution is 9.10. The van der Waals surface area contributed by atoms with Crippen molar-refractivity contribution in [2.75, 3.05) is 18.1 Å². The van der Waals surface area contributed by atoms with Crippen molar-refractivity contribution < 1.29 is 19.0 Å². The normalized spacial score (nSPS) is 25.7. The van der Waals surface area contributed by atoms with Crippen LogP contribution in [0.15, 0.2) is 16.6 Å². The minimum absolute atomic E-state index is 0.0134. The van der Waals surface area contributed by atoms with Crippen molar-refractivity contribution in [1.82, 2.24) is 0 Å². The summed E-state index contributed by atoms with van der Waals surface area (Å²) in [6, 6.07) is 3.02. The van der Waals surface area contributed by atoms with Gasteiger partial charge in [0, 0.05) is 0 Å². The van der Waals surface area contributed by atoms with E-state index in [1.54, 1.807) is 6.07 Å². The quantitative estimate of drug-likeness (QED) is 0.906. The first-order valence-corrected chi connectivity index (χ1v) is 6.95. The number of halogens is 2. The number of hydrogen-bond donors (Lipinski definition) is 1. The summed E-state index contributed by atoms with van der Waals surface area (Å²) in [5.74, 6) is -1.66. The maximum absolute atomic E-state index is 13.5. The number of anilines is 1. The van der Waals surface area contributed by atoms with Gasteiger partial charge in [0.25, 0.3) is 0 Å². The molecule has 6 heteroatoms. The number of rotatable bonds is 2. The van der Waals surface area contributed by atoms with Crippen LogP contribution in [0.3, 0.4) is 0 Å². The standard InChI is InChI=1S/C13H13BrFNO3/c14-10-4-12(9(13(17)18)3-11(10)15)16-7-1-2-8(16)6-19-5-7/h3-4,7-8H,1-2,5-6H2,(H,17,18). The fourth-order valence-electron chi connectivity index (χ4n) is 2.94. The molecule has 0 aliphatic carbocycles. The zero-order valence-electron chi connectivity index (χ0n) is 10.1. The second-order valence-corrected chi connectivity index (χ2v) is 5.77. The number of carboxylic acids is 1. The van der Waals surface area contributed by atoms with E-state index in [-0.39, 0.29) is 17.6 Å². The van der Waals surface area contributed by atoms with Gasteiger partial charge in [-0.1, -0.05) is 0 Å². The van der Waals surface area contributed by atoms with E-state index < -0.39 is 11.8 Å². The molecule has 2 heterocycles. The summed E-state index contributed by atoms with van der Waals surface area (Å²) in [6.07, 6.45) is 1.97. The summed E-state index contributed by atoms with van der Waals surface area (Å²) < 4.78 is 19.3. The van der Waals surface area contributed by atoms with Gasteiger partial charge in [-0.25, -0.2) is 9.18 Å². The van der Waals surface area contributed by atoms with Gasteiger partial charge in [0.05, 0.1) is 41.0 Å². The molecular weight excluding hydrogens is 317 g/mol. The Balaban J connectivity index is 2.09. The average molecular weight is 330 g/mol. The molecule has 0 spiro atoms. The van der Waals surface area contributed by atoms with Crippen LogP contribution in [0.25, 0.3) is 0 Å². The highest BCUT2D eigenvalue weighted by Gasteiger charge is 2.39. The molecule has 2 atom stereocenters. The summed E-state index contributed by atoms with van der Waals surface area (Å²) in [6.45, 7) is 1.20. The molecule has 0 aromatic heterocycles. The van der Waals surface area contributed by atoms with Gasteiger partial charge in [-0.3, -0.25) is 0 Å². The molecule has 2 unspecified atom stereocenters. The van der Waals surface area contributed by atoms with Gasteiger partial charge in [0.15, 0.2) is 0 Å². The van der Waals surface area contributed by atoms with Gasteiger partial charge in [-0.05, 0) is 40.9 Å². The van der Waals surface area contributed by atoms with Crippen LogP contribution in [-0.2, 0) is 4.74 Å². The zero-order valence-corrected chi connectivity index (χ0v) is 11.7. The Morgan fingerprint density at radius 2 is 2.00 bits per heavy atom. The molecule has 2 aliphatic rings. The number of carboxylic acid groups (broad SMARTS) is 1. The molecular formula is C13H13BrFNO3. The molecule has 2 bridgehead atoms. The predicted octanol–water partition coefficient (Wildman–Crippen LogP) is 2.65. The van der Waals surface area contributed by atoms with Crippen molar-refractivity contribution in [1.29, 1.82) is 0 Å². The van der Waals surface area contributed by atoms with E-state index in [0.717, 1.165) is 18.9 Å². The molecule has 3 rings (SSSR count). The number of benzene rings is 1. The molecule has 0 radical (unpaired) electrons. The Morgan fingerprint density at radius 3 is 2.58 bits per heavy atom. The van der Waals surface area contributed by atoms with Crippen molar-refractivity contribution in [2.24, 2.45) is 0 Å². The number of ether oxygens (including phenoxy) is 1. The maximum Gasteiger partial charge on any atom is 0.337 e. The molecule has 102 valence electrons. The van der Waals surface area contributed by atoms with Crippen molar-refractivity contribution >= 4 is 27.6 Å². The van der Waals surface area contributed by atoms with Crippen molar-refractivity contribution in [3.63, 3.8) is 0 Å². The predicted molar refractivity (Wildman–Crippen MR) is 71.2 cm³/mol. The van der Waals surface area contributed by atoms with Gasteiger partial charge in [0.2, 0.25) is 0 Å². The second kappa shape index (κ2) is 4.76. The van der Waals surface area contributed by atoms with E-state index in [0.29, 0.717) is 23.4 Å². The minimum atomic E-state index is -1.10. The van der Waals surface area contributed by atoms with Crippen LogP contribution < -0.4 is 4.90 Å². The van der Waals surface area contributed by atoms with Crippen LogP contribution >= 0.6 is 15.9 Å². The van der Waals surface area contributed by atoms with Crippen LogP contribution in [0.2, 0.25) is 0 Å². The van der Waals surface area contributed by atoms with E-state index >= 15 is 0 Å². The van der Waals surface area contributed by atoms with Gasteiger partial charge in [-0.2, -0.15) is 0 Å². The summed E-state index contributed by atoms with van der Waals surface area (Å²) >= 11 is 3.13. The van der Waals surface area contributed by atoms with Crippen LogP contribution in [0.4, 0.5) is 10.1 Å². The summed E-state index contributed by atoms with van der Waals surface area (Å²) in [5, 5.41) is 9.26. The van der Waals surface area contributed by atoms with E-state index in [1.807, 2.05) is 0 Å². The Bertz CT molecular complexity index is 521. The van der Waals surface area contributed by atoms with Crippen LogP contribution in [-0.4, -0.2) is 36.4 Å². The van der Waals surface area contributed by atoms with E-state index in [4.69, 9.17) is 4.74 Å². The van der Waals surface area contributed by atoms with E-state index in [9.17, 15) is 14.3 Å². The lowest BCUT2D eigenvalue weighted by molar-refractivity contribution is 0.0693. The first kappa shape index (κ1) is 12.9. The number of fused-ring (bicyclic) bond motifs is 2. The fourth-order valence-corrected chi connectivity index (χ4v) is 3.27. The number of carbonyl (C=O) groups is 1. The summed E-state index contributed by atoms with van der Waals surface area (Å²) in [7, 11) is 0. The molecule has 0 amide bonds. The highest BCUT2D eigenvalue weighted by Crippen LogP contribution is 2.37. The average Bonchev–Trinajstić information content (AvgIpc) is 2.62. The first-order valence-electron chi connectivity index (χ1n) is 6.16. The fraction of sp³-hybridized carbons (Fsp3) is 0.462. The van der Waals surface area contributed by atoms with Crippen molar-refractivity contribution in [3.8, 4) is 0 Å². The van der Waals surface area contributed by atoms with Crippen molar-refractivity contribution in [3.05, 3.63) is 28.0 Å². The van der Waals surface area contributed by atoms with Crippen LogP contribution in [0.1, 0.15) is 23.2 Å². The third kappa shape index (κ3) is 2.12. The first-order chi connectivity index (χ1) is 9.08. The molecule has 2 aliphatic heterocycles. The largest absolute Gasteiger partial charge is 0.478 e. The topological polar surface area (TPSA) is 49.8 Å². The Morgan fingerprint density at radius 1 is 1.37 bits per heavy atom. The molecule has 4 nitrogen and oxygen atoms in total. The van der Waals surface area contributed by atoms with E-state index in [2.05, 4.69) is 20.8 Å². The van der Waals surface area contributed by atoms with Crippen LogP contribution in [0.5, 0.6) is 0 Å². The van der Waals surface area contributed by atoms with Gasteiger partial charge in [0.1, 0.15) is 5.82 Å². The van der Waals surface area contributed by atoms with Gasteiger partial charge < -0.3 is 14.7 Å². The summed E-state index contributed by atoms with van der Waals surface area (Å²) in [5.41, 5.74) is 0.594. The molecule has 2 saturated heterocycles. The lowest BCUT2D eigenvalue weighted by atomic mass is 10.1. The molecule has 1 aromatic carbocycles. The molecule has 19 heavy (non-hydrogen) atoms. The monoisotopic (exact) mass is 329 g/mol. The number of aromatic carboxylic acids is 1. The number of nitrogens with zero attached hydrogens (tertiary/aromatic N) is 1. The van der Waals surface area contributed by atoms with Crippen LogP contribution in [0, 0.1) is 5.82 Å². The smallest absolute Gasteiger partial charge is 0.337 e.